The Morgan fingerprint density at radius 1 is 1.36 bits per heavy atom. The van der Waals surface area contributed by atoms with Crippen LogP contribution in [0.15, 0.2) is 12.8 Å². The van der Waals surface area contributed by atoms with E-state index in [1.807, 2.05) is 0 Å². The highest BCUT2D eigenvalue weighted by atomic mass is 16.5. The van der Waals surface area contributed by atoms with Gasteiger partial charge in [-0.3, -0.25) is 0 Å². The van der Waals surface area contributed by atoms with Gasteiger partial charge in [0, 0.05) is 0 Å². The molecule has 0 amide bonds. The van der Waals surface area contributed by atoms with Gasteiger partial charge in [0.1, 0.15) is 6.10 Å². The summed E-state index contributed by atoms with van der Waals surface area (Å²) in [5.74, 6) is 1.10. The van der Waals surface area contributed by atoms with Crippen LogP contribution in [-0.4, -0.2) is 17.3 Å². The van der Waals surface area contributed by atoms with Crippen LogP contribution in [0.25, 0.3) is 0 Å². The van der Waals surface area contributed by atoms with Crippen molar-refractivity contribution in [3.05, 3.63) is 12.8 Å². The van der Waals surface area contributed by atoms with E-state index in [-0.39, 0.29) is 12.2 Å². The van der Waals surface area contributed by atoms with Gasteiger partial charge in [0.05, 0.1) is 12.4 Å². The standard InChI is InChI=1S/C9H14O2/c1-2-11-9-7-4-3-6(5-7)8(9)10/h2,6-10H,1,3-5H2/t6?,7?,8-,9?/m0/s1. The van der Waals surface area contributed by atoms with E-state index >= 15 is 0 Å². The third-order valence-corrected chi connectivity index (χ3v) is 3.05. The Balaban J connectivity index is 2.05. The van der Waals surface area contributed by atoms with E-state index in [1.165, 1.54) is 19.1 Å². The van der Waals surface area contributed by atoms with E-state index in [9.17, 15) is 5.11 Å². The molecule has 0 aromatic heterocycles. The SMILES string of the molecule is C=COC1C2CCC(C2)[C@@H]1O. The van der Waals surface area contributed by atoms with E-state index < -0.39 is 0 Å². The first-order chi connectivity index (χ1) is 5.33. The van der Waals surface area contributed by atoms with Crippen LogP contribution in [0.4, 0.5) is 0 Å². The Morgan fingerprint density at radius 3 is 2.64 bits per heavy atom. The first-order valence-electron chi connectivity index (χ1n) is 4.27. The highest BCUT2D eigenvalue weighted by Crippen LogP contribution is 2.45. The molecule has 2 aliphatic carbocycles. The van der Waals surface area contributed by atoms with Crippen molar-refractivity contribution in [2.24, 2.45) is 11.8 Å². The second kappa shape index (κ2) is 2.52. The fourth-order valence-electron chi connectivity index (χ4n) is 2.51. The second-order valence-corrected chi connectivity index (χ2v) is 3.59. The molecule has 0 heterocycles. The molecule has 2 heteroatoms. The molecule has 2 fully saturated rings. The molecule has 3 unspecified atom stereocenters. The summed E-state index contributed by atoms with van der Waals surface area (Å²) in [6, 6.07) is 0. The second-order valence-electron chi connectivity index (χ2n) is 3.59. The molecular weight excluding hydrogens is 140 g/mol. The van der Waals surface area contributed by atoms with Crippen molar-refractivity contribution in [1.29, 1.82) is 0 Å². The zero-order valence-corrected chi connectivity index (χ0v) is 6.57. The first kappa shape index (κ1) is 7.17. The summed E-state index contributed by atoms with van der Waals surface area (Å²) in [5.41, 5.74) is 0. The fraction of sp³-hybridized carbons (Fsp3) is 0.778. The van der Waals surface area contributed by atoms with E-state index in [1.54, 1.807) is 0 Å². The summed E-state index contributed by atoms with van der Waals surface area (Å²) in [6.07, 6.45) is 4.83. The lowest BCUT2D eigenvalue weighted by Crippen LogP contribution is -2.33. The Morgan fingerprint density at radius 2 is 2.09 bits per heavy atom. The van der Waals surface area contributed by atoms with Crippen molar-refractivity contribution in [2.45, 2.75) is 31.5 Å². The summed E-state index contributed by atoms with van der Waals surface area (Å²) in [4.78, 5) is 0. The molecule has 2 bridgehead atoms. The molecule has 0 aromatic carbocycles. The molecule has 2 aliphatic rings. The number of rotatable bonds is 2. The molecule has 11 heavy (non-hydrogen) atoms. The molecule has 0 saturated heterocycles. The highest BCUT2D eigenvalue weighted by molar-refractivity contribution is 4.98. The summed E-state index contributed by atoms with van der Waals surface area (Å²) in [7, 11) is 0. The van der Waals surface area contributed by atoms with Crippen molar-refractivity contribution in [1.82, 2.24) is 0 Å². The molecule has 0 aromatic rings. The summed E-state index contributed by atoms with van der Waals surface area (Å²) < 4.78 is 5.26. The number of hydrogen-bond donors (Lipinski definition) is 1. The number of aliphatic hydroxyl groups is 1. The smallest absolute Gasteiger partial charge is 0.127 e. The van der Waals surface area contributed by atoms with Crippen LogP contribution < -0.4 is 0 Å². The van der Waals surface area contributed by atoms with Crippen LogP contribution in [0.2, 0.25) is 0 Å². The molecule has 2 saturated carbocycles. The van der Waals surface area contributed by atoms with Gasteiger partial charge in [-0.15, -0.1) is 0 Å². The molecule has 0 aliphatic heterocycles. The molecule has 1 N–H and O–H groups in total. The van der Waals surface area contributed by atoms with Crippen molar-refractivity contribution in [3.63, 3.8) is 0 Å². The summed E-state index contributed by atoms with van der Waals surface area (Å²) in [5, 5.41) is 9.64. The van der Waals surface area contributed by atoms with E-state index in [4.69, 9.17) is 4.74 Å². The number of fused-ring (bicyclic) bond motifs is 2. The van der Waals surface area contributed by atoms with E-state index in [2.05, 4.69) is 6.58 Å². The molecular formula is C9H14O2. The summed E-state index contributed by atoms with van der Waals surface area (Å²) in [6.45, 7) is 3.51. The lowest BCUT2D eigenvalue weighted by Gasteiger charge is -2.25. The first-order valence-corrected chi connectivity index (χ1v) is 4.27. The van der Waals surface area contributed by atoms with Crippen LogP contribution in [-0.2, 0) is 4.74 Å². The van der Waals surface area contributed by atoms with E-state index in [0.29, 0.717) is 11.8 Å². The van der Waals surface area contributed by atoms with Gasteiger partial charge in [0.25, 0.3) is 0 Å². The maximum absolute atomic E-state index is 9.64. The van der Waals surface area contributed by atoms with Gasteiger partial charge < -0.3 is 9.84 Å². The molecule has 0 radical (unpaired) electrons. The van der Waals surface area contributed by atoms with Gasteiger partial charge in [0.2, 0.25) is 0 Å². The van der Waals surface area contributed by atoms with Gasteiger partial charge in [-0.2, -0.15) is 0 Å². The molecule has 62 valence electrons. The van der Waals surface area contributed by atoms with Crippen LogP contribution in [0, 0.1) is 11.8 Å². The van der Waals surface area contributed by atoms with Crippen LogP contribution in [0.1, 0.15) is 19.3 Å². The van der Waals surface area contributed by atoms with Gasteiger partial charge in [-0.1, -0.05) is 6.58 Å². The Bertz CT molecular complexity index is 165. The fourth-order valence-corrected chi connectivity index (χ4v) is 2.51. The number of aliphatic hydroxyl groups excluding tert-OH is 1. The van der Waals surface area contributed by atoms with E-state index in [0.717, 1.165) is 6.42 Å². The van der Waals surface area contributed by atoms with Gasteiger partial charge >= 0.3 is 0 Å². The normalized spacial score (nSPS) is 47.7. The minimum absolute atomic E-state index is 0.0475. The van der Waals surface area contributed by atoms with Crippen LogP contribution in [0.5, 0.6) is 0 Å². The van der Waals surface area contributed by atoms with Gasteiger partial charge in [-0.05, 0) is 31.1 Å². The maximum Gasteiger partial charge on any atom is 0.127 e. The average Bonchev–Trinajstić information content (AvgIpc) is 2.54. The number of ether oxygens (including phenoxy) is 1. The molecule has 2 nitrogen and oxygen atoms in total. The molecule has 4 atom stereocenters. The zero-order chi connectivity index (χ0) is 7.84. The Labute approximate surface area is 66.9 Å². The lowest BCUT2D eigenvalue weighted by molar-refractivity contribution is -0.0244. The predicted octanol–water partition coefficient (Wildman–Crippen LogP) is 1.31. The number of hydrogen-bond acceptors (Lipinski definition) is 2. The highest BCUT2D eigenvalue weighted by Gasteiger charge is 2.47. The Kier molecular flexibility index (Phi) is 1.64. The van der Waals surface area contributed by atoms with Crippen molar-refractivity contribution < 1.29 is 9.84 Å². The van der Waals surface area contributed by atoms with Gasteiger partial charge in [0.15, 0.2) is 0 Å². The molecule has 0 spiro atoms. The monoisotopic (exact) mass is 154 g/mol. The third kappa shape index (κ3) is 0.968. The van der Waals surface area contributed by atoms with Crippen molar-refractivity contribution in [2.75, 3.05) is 0 Å². The largest absolute Gasteiger partial charge is 0.496 e. The topological polar surface area (TPSA) is 29.5 Å². The molecule has 2 rings (SSSR count). The quantitative estimate of drug-likeness (QED) is 0.607. The van der Waals surface area contributed by atoms with Crippen LogP contribution in [0.3, 0.4) is 0 Å². The zero-order valence-electron chi connectivity index (χ0n) is 6.57. The minimum atomic E-state index is -0.230. The maximum atomic E-state index is 9.64. The summed E-state index contributed by atoms with van der Waals surface area (Å²) >= 11 is 0. The van der Waals surface area contributed by atoms with Crippen molar-refractivity contribution >= 4 is 0 Å². The average molecular weight is 154 g/mol. The lowest BCUT2D eigenvalue weighted by atomic mass is 9.95. The van der Waals surface area contributed by atoms with Gasteiger partial charge in [-0.25, -0.2) is 0 Å². The minimum Gasteiger partial charge on any atom is -0.496 e. The van der Waals surface area contributed by atoms with Crippen LogP contribution >= 0.6 is 0 Å². The Hall–Kier alpha value is -0.500. The van der Waals surface area contributed by atoms with Crippen molar-refractivity contribution in [3.8, 4) is 0 Å². The third-order valence-electron chi connectivity index (χ3n) is 3.05. The predicted molar refractivity (Wildman–Crippen MR) is 41.9 cm³/mol.